The third-order valence-electron chi connectivity index (χ3n) is 4.11. The van der Waals surface area contributed by atoms with Gasteiger partial charge in [-0.05, 0) is 37.8 Å². The Labute approximate surface area is 84.5 Å². The van der Waals surface area contributed by atoms with Gasteiger partial charge in [-0.25, -0.2) is 8.78 Å². The summed E-state index contributed by atoms with van der Waals surface area (Å²) in [4.78, 5) is 2.27. The van der Waals surface area contributed by atoms with E-state index >= 15 is 0 Å². The maximum absolute atomic E-state index is 12.7. The molecule has 14 heavy (non-hydrogen) atoms. The molecule has 0 radical (unpaired) electrons. The Hall–Kier alpha value is -0.180. The molecule has 0 amide bonds. The van der Waals surface area contributed by atoms with E-state index in [1.807, 2.05) is 0 Å². The fraction of sp³-hybridized carbons (Fsp3) is 1.00. The van der Waals surface area contributed by atoms with Gasteiger partial charge in [-0.2, -0.15) is 0 Å². The summed E-state index contributed by atoms with van der Waals surface area (Å²) in [5.41, 5.74) is -0.0307. The molecule has 3 atom stereocenters. The van der Waals surface area contributed by atoms with Crippen LogP contribution in [0.2, 0.25) is 0 Å². The average Bonchev–Trinajstić information content (AvgIpc) is 2.67. The van der Waals surface area contributed by atoms with Crippen LogP contribution in [0, 0.1) is 17.3 Å². The van der Waals surface area contributed by atoms with Crippen molar-refractivity contribution >= 4 is 0 Å². The van der Waals surface area contributed by atoms with Gasteiger partial charge in [-0.15, -0.1) is 0 Å². The van der Waals surface area contributed by atoms with E-state index in [9.17, 15) is 8.78 Å². The van der Waals surface area contributed by atoms with Crippen molar-refractivity contribution in [3.63, 3.8) is 0 Å². The number of halogens is 2. The van der Waals surface area contributed by atoms with Crippen LogP contribution in [0.15, 0.2) is 0 Å². The van der Waals surface area contributed by atoms with Crippen LogP contribution in [0.3, 0.4) is 0 Å². The van der Waals surface area contributed by atoms with Gasteiger partial charge < -0.3 is 4.90 Å². The van der Waals surface area contributed by atoms with Gasteiger partial charge in [0.25, 0.3) is 0 Å². The molecule has 82 valence electrons. The molecular formula is C11H19F2N. The predicted molar refractivity (Wildman–Crippen MR) is 52.4 cm³/mol. The molecular weight excluding hydrogens is 184 g/mol. The molecule has 1 heterocycles. The second-order valence-corrected chi connectivity index (χ2v) is 5.30. The molecule has 1 aliphatic carbocycles. The Morgan fingerprint density at radius 1 is 1.36 bits per heavy atom. The molecule has 0 bridgehead atoms. The third-order valence-corrected chi connectivity index (χ3v) is 4.11. The Morgan fingerprint density at radius 2 is 2.00 bits per heavy atom. The molecule has 2 aliphatic rings. The van der Waals surface area contributed by atoms with E-state index in [1.54, 1.807) is 0 Å². The van der Waals surface area contributed by atoms with E-state index in [0.717, 1.165) is 19.4 Å². The summed E-state index contributed by atoms with van der Waals surface area (Å²) in [5, 5.41) is 0. The first-order valence-corrected chi connectivity index (χ1v) is 5.47. The Bertz CT molecular complexity index is 229. The van der Waals surface area contributed by atoms with Gasteiger partial charge >= 0.3 is 0 Å². The molecule has 2 rings (SSSR count). The van der Waals surface area contributed by atoms with Crippen molar-refractivity contribution < 1.29 is 8.78 Å². The molecule has 1 aliphatic heterocycles. The molecule has 3 heteroatoms. The van der Waals surface area contributed by atoms with Crippen LogP contribution in [-0.2, 0) is 0 Å². The lowest BCUT2D eigenvalue weighted by atomic mass is 9.86. The van der Waals surface area contributed by atoms with E-state index in [1.165, 1.54) is 0 Å². The molecule has 3 unspecified atom stereocenters. The molecule has 1 nitrogen and oxygen atoms in total. The van der Waals surface area contributed by atoms with Crippen LogP contribution in [0.25, 0.3) is 0 Å². The average molecular weight is 203 g/mol. The first-order chi connectivity index (χ1) is 6.49. The van der Waals surface area contributed by atoms with Crippen molar-refractivity contribution in [3.05, 3.63) is 0 Å². The highest BCUT2D eigenvalue weighted by Gasteiger charge is 2.66. The Morgan fingerprint density at radius 3 is 2.43 bits per heavy atom. The number of hydrogen-bond acceptors (Lipinski definition) is 1. The second kappa shape index (κ2) is 3.16. The van der Waals surface area contributed by atoms with Crippen LogP contribution in [0.4, 0.5) is 8.78 Å². The molecule has 0 aromatic heterocycles. The lowest BCUT2D eigenvalue weighted by Crippen LogP contribution is -2.36. The van der Waals surface area contributed by atoms with Gasteiger partial charge in [0.15, 0.2) is 0 Å². The first kappa shape index (κ1) is 10.3. The van der Waals surface area contributed by atoms with Gasteiger partial charge in [0.1, 0.15) is 0 Å². The van der Waals surface area contributed by atoms with Crippen LogP contribution in [-0.4, -0.2) is 31.0 Å². The van der Waals surface area contributed by atoms with Gasteiger partial charge in [0.2, 0.25) is 6.43 Å². The van der Waals surface area contributed by atoms with E-state index < -0.39 is 6.43 Å². The van der Waals surface area contributed by atoms with Crippen molar-refractivity contribution in [3.8, 4) is 0 Å². The normalized spacial score (nSPS) is 43.1. The number of alkyl halides is 2. The van der Waals surface area contributed by atoms with E-state index in [2.05, 4.69) is 25.8 Å². The van der Waals surface area contributed by atoms with Crippen LogP contribution < -0.4 is 0 Å². The monoisotopic (exact) mass is 203 g/mol. The molecule has 0 N–H and O–H groups in total. The summed E-state index contributed by atoms with van der Waals surface area (Å²) in [6.45, 7) is 5.29. The van der Waals surface area contributed by atoms with Crippen molar-refractivity contribution in [2.75, 3.05) is 13.6 Å². The van der Waals surface area contributed by atoms with Crippen molar-refractivity contribution in [1.82, 2.24) is 4.90 Å². The summed E-state index contributed by atoms with van der Waals surface area (Å²) in [7, 11) is 2.07. The van der Waals surface area contributed by atoms with Crippen LogP contribution in [0.5, 0.6) is 0 Å². The van der Waals surface area contributed by atoms with Crippen LogP contribution in [0.1, 0.15) is 26.7 Å². The highest BCUT2D eigenvalue weighted by Crippen LogP contribution is 2.65. The Kier molecular flexibility index (Phi) is 2.33. The highest BCUT2D eigenvalue weighted by atomic mass is 19.3. The zero-order chi connectivity index (χ0) is 10.5. The van der Waals surface area contributed by atoms with Crippen molar-refractivity contribution in [2.45, 2.75) is 39.2 Å². The van der Waals surface area contributed by atoms with Gasteiger partial charge in [0, 0.05) is 12.0 Å². The lowest BCUT2D eigenvalue weighted by molar-refractivity contribution is 0.0864. The summed E-state index contributed by atoms with van der Waals surface area (Å²) >= 11 is 0. The molecule has 1 saturated carbocycles. The summed E-state index contributed by atoms with van der Waals surface area (Å²) < 4.78 is 25.3. The van der Waals surface area contributed by atoms with Crippen molar-refractivity contribution in [2.24, 2.45) is 17.3 Å². The fourth-order valence-electron chi connectivity index (χ4n) is 3.60. The van der Waals surface area contributed by atoms with E-state index in [0.29, 0.717) is 12.0 Å². The predicted octanol–water partition coefficient (Wildman–Crippen LogP) is 2.62. The molecule has 2 fully saturated rings. The minimum absolute atomic E-state index is 0.0307. The summed E-state index contributed by atoms with van der Waals surface area (Å²) in [6.07, 6.45) is -0.387. The maximum atomic E-state index is 12.7. The second-order valence-electron chi connectivity index (χ2n) is 5.30. The number of hydrogen-bond donors (Lipinski definition) is 0. The molecule has 0 aromatic carbocycles. The van der Waals surface area contributed by atoms with Gasteiger partial charge in [-0.1, -0.05) is 13.8 Å². The van der Waals surface area contributed by atoms with E-state index in [-0.39, 0.29) is 11.3 Å². The third kappa shape index (κ3) is 1.28. The number of nitrogens with zero attached hydrogens (tertiary/aromatic N) is 1. The largest absolute Gasteiger partial charge is 0.303 e. The molecule has 1 saturated heterocycles. The zero-order valence-corrected chi connectivity index (χ0v) is 9.13. The minimum Gasteiger partial charge on any atom is -0.303 e. The van der Waals surface area contributed by atoms with Gasteiger partial charge in [-0.3, -0.25) is 0 Å². The highest BCUT2D eigenvalue weighted by molar-refractivity contribution is 5.14. The minimum atomic E-state index is -2.11. The summed E-state index contributed by atoms with van der Waals surface area (Å²) in [6, 6.07) is 0.376. The quantitative estimate of drug-likeness (QED) is 0.667. The summed E-state index contributed by atoms with van der Waals surface area (Å²) in [5.74, 6) is 0.172. The van der Waals surface area contributed by atoms with E-state index in [4.69, 9.17) is 0 Å². The first-order valence-electron chi connectivity index (χ1n) is 5.47. The zero-order valence-electron chi connectivity index (χ0n) is 9.13. The van der Waals surface area contributed by atoms with Crippen molar-refractivity contribution in [1.29, 1.82) is 0 Å². The van der Waals surface area contributed by atoms with Gasteiger partial charge in [0.05, 0.1) is 0 Å². The molecule has 0 aromatic rings. The number of likely N-dealkylation sites (tertiary alicyclic amines) is 1. The Balaban J connectivity index is 2.14. The fourth-order valence-corrected chi connectivity index (χ4v) is 3.60. The SMILES string of the molecule is CC(C)C1N(C)CCC12CC2C(F)F. The van der Waals surface area contributed by atoms with Crippen LogP contribution >= 0.6 is 0 Å². The molecule has 1 spiro atoms. The standard InChI is InChI=1S/C11H19F2N/c1-7(2)9-11(4-5-14(9)3)6-8(11)10(12)13/h7-10H,4-6H2,1-3H3. The topological polar surface area (TPSA) is 3.24 Å². The number of rotatable bonds is 2. The lowest BCUT2D eigenvalue weighted by Gasteiger charge is -2.29. The maximum Gasteiger partial charge on any atom is 0.242 e. The smallest absolute Gasteiger partial charge is 0.242 e.